The van der Waals surface area contributed by atoms with Crippen LogP contribution in [0, 0.1) is 0 Å². The first-order chi connectivity index (χ1) is 15.1. The molecule has 0 saturated carbocycles. The summed E-state index contributed by atoms with van der Waals surface area (Å²) in [5.41, 5.74) is 2.74. The number of rotatable bonds is 9. The maximum Gasteiger partial charge on any atom is 0.354 e. The summed E-state index contributed by atoms with van der Waals surface area (Å²) in [4.78, 5) is 14.1. The summed E-state index contributed by atoms with van der Waals surface area (Å²) >= 11 is 0. The normalized spacial score (nSPS) is 12.2. The molecule has 1 unspecified atom stereocenters. The van der Waals surface area contributed by atoms with Crippen LogP contribution < -0.4 is 9.64 Å². The van der Waals surface area contributed by atoms with Crippen molar-refractivity contribution in [2.75, 3.05) is 32.2 Å². The highest BCUT2D eigenvalue weighted by atomic mass is 16.5. The second-order valence-corrected chi connectivity index (χ2v) is 7.56. The molecule has 6 nitrogen and oxygen atoms in total. The van der Waals surface area contributed by atoms with E-state index in [-0.39, 0.29) is 6.61 Å². The Balaban J connectivity index is 1.46. The van der Waals surface area contributed by atoms with Crippen molar-refractivity contribution in [3.63, 3.8) is 0 Å². The summed E-state index contributed by atoms with van der Waals surface area (Å²) in [7, 11) is 3.96. The SMILES string of the molecule is CN(C)c1cccc(OCCCOC(C(=O)O)n2c3ccccc3c3ccccc32)c1. The number of hydrogen-bond acceptors (Lipinski definition) is 4. The monoisotopic (exact) mass is 418 g/mol. The standard InChI is InChI=1S/C25H26N2O4/c1-26(2)18-9-7-10-19(17-18)30-15-8-16-31-24(25(28)29)27-22-13-5-3-11-20(22)21-12-4-6-14-23(21)27/h3-7,9-14,17,24H,8,15-16H2,1-2H3,(H,28,29). The summed E-state index contributed by atoms with van der Waals surface area (Å²) in [5, 5.41) is 11.9. The maximum atomic E-state index is 12.1. The van der Waals surface area contributed by atoms with E-state index in [1.54, 1.807) is 4.57 Å². The van der Waals surface area contributed by atoms with Crippen molar-refractivity contribution in [3.05, 3.63) is 72.8 Å². The van der Waals surface area contributed by atoms with Gasteiger partial charge in [-0.25, -0.2) is 4.79 Å². The predicted molar refractivity (Wildman–Crippen MR) is 123 cm³/mol. The molecule has 1 aromatic heterocycles. The Hall–Kier alpha value is -3.51. The molecular formula is C25H26N2O4. The molecule has 0 spiro atoms. The number of nitrogens with zero attached hydrogens (tertiary/aromatic N) is 2. The van der Waals surface area contributed by atoms with Gasteiger partial charge in [-0.1, -0.05) is 42.5 Å². The van der Waals surface area contributed by atoms with Crippen molar-refractivity contribution in [1.82, 2.24) is 4.57 Å². The summed E-state index contributed by atoms with van der Waals surface area (Å²) in [6.07, 6.45) is -0.533. The van der Waals surface area contributed by atoms with Crippen molar-refractivity contribution in [1.29, 1.82) is 0 Å². The fraction of sp³-hybridized carbons (Fsp3) is 0.240. The van der Waals surface area contributed by atoms with E-state index in [0.29, 0.717) is 13.0 Å². The Morgan fingerprint density at radius 1 is 0.935 bits per heavy atom. The molecule has 4 rings (SSSR count). The molecule has 31 heavy (non-hydrogen) atoms. The second kappa shape index (κ2) is 9.10. The second-order valence-electron chi connectivity index (χ2n) is 7.56. The van der Waals surface area contributed by atoms with Crippen LogP contribution in [0.3, 0.4) is 0 Å². The van der Waals surface area contributed by atoms with E-state index in [9.17, 15) is 9.90 Å². The molecule has 0 bridgehead atoms. The molecule has 1 N–H and O–H groups in total. The largest absolute Gasteiger partial charge is 0.493 e. The third kappa shape index (κ3) is 4.34. The van der Waals surface area contributed by atoms with Gasteiger partial charge >= 0.3 is 5.97 Å². The quantitative estimate of drug-likeness (QED) is 0.391. The molecule has 0 amide bonds. The molecule has 1 heterocycles. The predicted octanol–water partition coefficient (Wildman–Crippen LogP) is 4.93. The Kier molecular flexibility index (Phi) is 6.09. The van der Waals surface area contributed by atoms with Crippen LogP contribution in [0.25, 0.3) is 21.8 Å². The fourth-order valence-corrected chi connectivity index (χ4v) is 3.76. The minimum Gasteiger partial charge on any atom is -0.493 e. The Morgan fingerprint density at radius 3 is 2.19 bits per heavy atom. The van der Waals surface area contributed by atoms with Crippen LogP contribution in [0.5, 0.6) is 5.75 Å². The molecule has 0 fully saturated rings. The molecule has 0 aliphatic carbocycles. The lowest BCUT2D eigenvalue weighted by atomic mass is 10.2. The van der Waals surface area contributed by atoms with E-state index in [2.05, 4.69) is 0 Å². The van der Waals surface area contributed by atoms with Crippen LogP contribution in [-0.2, 0) is 9.53 Å². The number of carbonyl (C=O) groups is 1. The molecular weight excluding hydrogens is 392 g/mol. The molecule has 1 atom stereocenters. The van der Waals surface area contributed by atoms with Crippen molar-refractivity contribution in [3.8, 4) is 5.75 Å². The minimum atomic E-state index is -1.11. The van der Waals surface area contributed by atoms with Gasteiger partial charge in [0.15, 0.2) is 0 Å². The Morgan fingerprint density at radius 2 is 1.58 bits per heavy atom. The Labute approximate surface area is 181 Å². The molecule has 160 valence electrons. The highest BCUT2D eigenvalue weighted by molar-refractivity contribution is 6.08. The van der Waals surface area contributed by atoms with E-state index in [1.165, 1.54) is 0 Å². The number of carboxylic acid groups (broad SMARTS) is 1. The van der Waals surface area contributed by atoms with Gasteiger partial charge in [-0.3, -0.25) is 0 Å². The summed E-state index contributed by atoms with van der Waals surface area (Å²) in [6.45, 7) is 0.710. The molecule has 6 heteroatoms. The number of benzene rings is 3. The van der Waals surface area contributed by atoms with Crippen molar-refractivity contribution < 1.29 is 19.4 Å². The van der Waals surface area contributed by atoms with E-state index in [1.807, 2.05) is 91.8 Å². The number of fused-ring (bicyclic) bond motifs is 3. The van der Waals surface area contributed by atoms with Gasteiger partial charge in [-0.15, -0.1) is 0 Å². The zero-order valence-corrected chi connectivity index (χ0v) is 17.7. The van der Waals surface area contributed by atoms with Crippen LogP contribution in [0.4, 0.5) is 5.69 Å². The number of anilines is 1. The zero-order chi connectivity index (χ0) is 21.8. The molecule has 4 aromatic rings. The summed E-state index contributed by atoms with van der Waals surface area (Å²) < 4.78 is 13.4. The van der Waals surface area contributed by atoms with E-state index in [0.717, 1.165) is 33.2 Å². The maximum absolute atomic E-state index is 12.1. The molecule has 3 aromatic carbocycles. The molecule has 0 aliphatic rings. The van der Waals surface area contributed by atoms with Gasteiger partial charge in [0, 0.05) is 43.0 Å². The van der Waals surface area contributed by atoms with Gasteiger partial charge in [0.25, 0.3) is 0 Å². The van der Waals surface area contributed by atoms with Gasteiger partial charge in [0.2, 0.25) is 6.23 Å². The smallest absolute Gasteiger partial charge is 0.354 e. The average Bonchev–Trinajstić information content (AvgIpc) is 3.10. The minimum absolute atomic E-state index is 0.269. The van der Waals surface area contributed by atoms with Gasteiger partial charge < -0.3 is 24.0 Å². The van der Waals surface area contributed by atoms with Gasteiger partial charge in [-0.05, 0) is 24.3 Å². The third-order valence-electron chi connectivity index (χ3n) is 5.23. The average molecular weight is 418 g/mol. The first kappa shape index (κ1) is 20.8. The number of aromatic nitrogens is 1. The number of hydrogen-bond donors (Lipinski definition) is 1. The molecule has 0 radical (unpaired) electrons. The number of carboxylic acids is 1. The van der Waals surface area contributed by atoms with Gasteiger partial charge in [0.1, 0.15) is 5.75 Å². The lowest BCUT2D eigenvalue weighted by Crippen LogP contribution is -2.23. The lowest BCUT2D eigenvalue weighted by Gasteiger charge is -2.18. The molecule has 0 aliphatic heterocycles. The van der Waals surface area contributed by atoms with E-state index < -0.39 is 12.2 Å². The highest BCUT2D eigenvalue weighted by Crippen LogP contribution is 2.32. The number of para-hydroxylation sites is 2. The van der Waals surface area contributed by atoms with Crippen LogP contribution in [0.15, 0.2) is 72.8 Å². The highest BCUT2D eigenvalue weighted by Gasteiger charge is 2.24. The van der Waals surface area contributed by atoms with Crippen LogP contribution >= 0.6 is 0 Å². The van der Waals surface area contributed by atoms with Crippen LogP contribution in [0.2, 0.25) is 0 Å². The van der Waals surface area contributed by atoms with Gasteiger partial charge in [-0.2, -0.15) is 0 Å². The Bertz CT molecular complexity index is 1150. The van der Waals surface area contributed by atoms with E-state index in [4.69, 9.17) is 9.47 Å². The number of ether oxygens (including phenoxy) is 2. The molecule has 0 saturated heterocycles. The summed E-state index contributed by atoms with van der Waals surface area (Å²) in [6, 6.07) is 23.4. The van der Waals surface area contributed by atoms with E-state index >= 15 is 0 Å². The van der Waals surface area contributed by atoms with Crippen LogP contribution in [-0.4, -0.2) is 43.0 Å². The third-order valence-corrected chi connectivity index (χ3v) is 5.23. The van der Waals surface area contributed by atoms with Gasteiger partial charge in [0.05, 0.1) is 24.2 Å². The zero-order valence-electron chi connectivity index (χ0n) is 17.7. The van der Waals surface area contributed by atoms with Crippen molar-refractivity contribution in [2.45, 2.75) is 12.6 Å². The topological polar surface area (TPSA) is 63.9 Å². The number of aliphatic carboxylic acids is 1. The lowest BCUT2D eigenvalue weighted by molar-refractivity contribution is -0.156. The summed E-state index contributed by atoms with van der Waals surface area (Å²) in [5.74, 6) is -0.241. The fourth-order valence-electron chi connectivity index (χ4n) is 3.76. The van der Waals surface area contributed by atoms with Crippen molar-refractivity contribution in [2.24, 2.45) is 0 Å². The first-order valence-corrected chi connectivity index (χ1v) is 10.3. The van der Waals surface area contributed by atoms with Crippen LogP contribution in [0.1, 0.15) is 12.6 Å². The first-order valence-electron chi connectivity index (χ1n) is 10.3. The van der Waals surface area contributed by atoms with Crippen molar-refractivity contribution >= 4 is 33.5 Å².